The lowest BCUT2D eigenvalue weighted by molar-refractivity contribution is -0.115. The van der Waals surface area contributed by atoms with Crippen molar-refractivity contribution in [3.8, 4) is 0 Å². The van der Waals surface area contributed by atoms with Gasteiger partial charge in [-0.3, -0.25) is 10.1 Å². The van der Waals surface area contributed by atoms with E-state index in [1.165, 1.54) is 5.56 Å². The Morgan fingerprint density at radius 1 is 1.21 bits per heavy atom. The van der Waals surface area contributed by atoms with Gasteiger partial charge in [-0.2, -0.15) is 0 Å². The van der Waals surface area contributed by atoms with Crippen LogP contribution in [0.3, 0.4) is 0 Å². The summed E-state index contributed by atoms with van der Waals surface area (Å²) >= 11 is 1.54. The van der Waals surface area contributed by atoms with Gasteiger partial charge in [0, 0.05) is 4.88 Å². The number of thiophene rings is 1. The predicted octanol–water partition coefficient (Wildman–Crippen LogP) is 4.03. The van der Waals surface area contributed by atoms with Crippen molar-refractivity contribution in [1.82, 2.24) is 10.2 Å². The van der Waals surface area contributed by atoms with Gasteiger partial charge in [0.25, 0.3) is 0 Å². The highest BCUT2D eigenvalue weighted by atomic mass is 32.1. The minimum atomic E-state index is -0.158. The maximum Gasteiger partial charge on any atom is 0.322 e. The van der Waals surface area contributed by atoms with Crippen LogP contribution in [0.5, 0.6) is 0 Å². The Balaban J connectivity index is 1.58. The van der Waals surface area contributed by atoms with Crippen molar-refractivity contribution < 1.29 is 9.21 Å². The summed E-state index contributed by atoms with van der Waals surface area (Å²) in [5.74, 6) is 0.834. The zero-order valence-corrected chi connectivity index (χ0v) is 14.5. The second kappa shape index (κ2) is 7.40. The number of hydrogen-bond acceptors (Lipinski definition) is 5. The first-order chi connectivity index (χ1) is 11.6. The zero-order valence-electron chi connectivity index (χ0n) is 13.7. The van der Waals surface area contributed by atoms with Crippen LogP contribution in [0.2, 0.25) is 0 Å². The number of nitrogens with zero attached hydrogens (tertiary/aromatic N) is 2. The van der Waals surface area contributed by atoms with Gasteiger partial charge in [-0.25, -0.2) is 0 Å². The highest BCUT2D eigenvalue weighted by Gasteiger charge is 2.11. The fourth-order valence-electron chi connectivity index (χ4n) is 2.31. The molecule has 24 heavy (non-hydrogen) atoms. The summed E-state index contributed by atoms with van der Waals surface area (Å²) in [4.78, 5) is 12.9. The Morgan fingerprint density at radius 3 is 2.67 bits per heavy atom. The highest BCUT2D eigenvalue weighted by Crippen LogP contribution is 2.17. The monoisotopic (exact) mass is 341 g/mol. The van der Waals surface area contributed by atoms with Crippen molar-refractivity contribution in [1.29, 1.82) is 0 Å². The van der Waals surface area contributed by atoms with Gasteiger partial charge in [0.2, 0.25) is 11.8 Å². The van der Waals surface area contributed by atoms with Gasteiger partial charge in [0.1, 0.15) is 0 Å². The number of rotatable bonds is 6. The van der Waals surface area contributed by atoms with Crippen molar-refractivity contribution >= 4 is 23.3 Å². The molecule has 3 aromatic rings. The van der Waals surface area contributed by atoms with Crippen LogP contribution < -0.4 is 5.32 Å². The lowest BCUT2D eigenvalue weighted by Crippen LogP contribution is -2.13. The molecular formula is C18H19N3O2S. The summed E-state index contributed by atoms with van der Waals surface area (Å²) in [5.41, 5.74) is 2.39. The van der Waals surface area contributed by atoms with E-state index in [1.807, 2.05) is 17.5 Å². The van der Waals surface area contributed by atoms with Crippen LogP contribution >= 0.6 is 11.3 Å². The normalized spacial score (nSPS) is 11.0. The Morgan fingerprint density at radius 2 is 2.00 bits per heavy atom. The Hall–Kier alpha value is -2.47. The molecule has 0 unspecified atom stereocenters. The summed E-state index contributed by atoms with van der Waals surface area (Å²) in [6.45, 7) is 4.33. The van der Waals surface area contributed by atoms with Crippen molar-refractivity contribution in [2.75, 3.05) is 5.32 Å². The minimum absolute atomic E-state index is 0.144. The van der Waals surface area contributed by atoms with Crippen LogP contribution in [0.1, 0.15) is 41.7 Å². The number of nitrogens with one attached hydrogen (secondary N) is 1. The number of amides is 1. The zero-order chi connectivity index (χ0) is 16.9. The van der Waals surface area contributed by atoms with Crippen LogP contribution in [0.15, 0.2) is 46.2 Å². The molecule has 0 bridgehead atoms. The number of benzene rings is 1. The molecular weight excluding hydrogens is 322 g/mol. The van der Waals surface area contributed by atoms with Gasteiger partial charge in [-0.05, 0) is 28.5 Å². The molecule has 3 rings (SSSR count). The Kier molecular flexibility index (Phi) is 5.05. The van der Waals surface area contributed by atoms with Crippen LogP contribution in [0.4, 0.5) is 6.01 Å². The molecule has 1 N–H and O–H groups in total. The predicted molar refractivity (Wildman–Crippen MR) is 94.3 cm³/mol. The third kappa shape index (κ3) is 4.29. The molecule has 0 aliphatic rings. The maximum atomic E-state index is 11.9. The van der Waals surface area contributed by atoms with Crippen molar-refractivity contribution in [2.45, 2.75) is 32.6 Å². The lowest BCUT2D eigenvalue weighted by Gasteiger charge is -2.05. The average molecular weight is 341 g/mol. The molecule has 0 saturated heterocycles. The summed E-state index contributed by atoms with van der Waals surface area (Å²) in [6, 6.07) is 12.3. The first-order valence-electron chi connectivity index (χ1n) is 7.83. The molecule has 0 aliphatic carbocycles. The molecule has 0 saturated carbocycles. The standard InChI is InChI=1S/C18H19N3O2S/c1-12(2)14-7-5-13(6-8-14)10-17-20-21-18(23-17)19-16(22)11-15-4-3-9-24-15/h3-9,12H,10-11H2,1-2H3,(H,19,21,22). The van der Waals surface area contributed by atoms with Crippen molar-refractivity contribution in [2.24, 2.45) is 0 Å². The summed E-state index contributed by atoms with van der Waals surface area (Å²) in [6.07, 6.45) is 0.859. The van der Waals surface area contributed by atoms with E-state index in [4.69, 9.17) is 4.42 Å². The molecule has 0 atom stereocenters. The molecule has 2 aromatic heterocycles. The minimum Gasteiger partial charge on any atom is -0.407 e. The Bertz CT molecular complexity index is 792. The third-order valence-corrected chi connectivity index (χ3v) is 4.51. The summed E-state index contributed by atoms with van der Waals surface area (Å²) < 4.78 is 5.50. The van der Waals surface area contributed by atoms with Crippen LogP contribution in [-0.4, -0.2) is 16.1 Å². The second-order valence-electron chi connectivity index (χ2n) is 5.88. The Labute approximate surface area is 144 Å². The molecule has 124 valence electrons. The lowest BCUT2D eigenvalue weighted by atomic mass is 10.0. The van der Waals surface area contributed by atoms with E-state index in [1.54, 1.807) is 11.3 Å². The average Bonchev–Trinajstić information content (AvgIpc) is 3.20. The largest absolute Gasteiger partial charge is 0.407 e. The summed E-state index contributed by atoms with van der Waals surface area (Å²) in [5, 5.41) is 12.5. The number of carbonyl (C=O) groups is 1. The number of hydrogen-bond donors (Lipinski definition) is 1. The summed E-state index contributed by atoms with van der Waals surface area (Å²) in [7, 11) is 0. The fraction of sp³-hybridized carbons (Fsp3) is 0.278. The van der Waals surface area contributed by atoms with Crippen LogP contribution in [-0.2, 0) is 17.6 Å². The van der Waals surface area contributed by atoms with E-state index in [9.17, 15) is 4.79 Å². The van der Waals surface area contributed by atoms with E-state index in [0.29, 0.717) is 24.7 Å². The smallest absolute Gasteiger partial charge is 0.322 e. The quantitative estimate of drug-likeness (QED) is 0.735. The van der Waals surface area contributed by atoms with Gasteiger partial charge >= 0.3 is 6.01 Å². The van der Waals surface area contributed by atoms with Crippen LogP contribution in [0.25, 0.3) is 0 Å². The van der Waals surface area contributed by atoms with Crippen molar-refractivity contribution in [3.05, 3.63) is 63.7 Å². The van der Waals surface area contributed by atoms with Gasteiger partial charge in [-0.1, -0.05) is 49.3 Å². The van der Waals surface area contributed by atoms with Gasteiger partial charge in [0.15, 0.2) is 0 Å². The number of carbonyl (C=O) groups excluding carboxylic acids is 1. The maximum absolute atomic E-state index is 11.9. The first-order valence-corrected chi connectivity index (χ1v) is 8.71. The highest BCUT2D eigenvalue weighted by molar-refractivity contribution is 7.10. The van der Waals surface area contributed by atoms with E-state index < -0.39 is 0 Å². The molecule has 0 radical (unpaired) electrons. The molecule has 6 heteroatoms. The molecule has 0 spiro atoms. The number of aromatic nitrogens is 2. The number of anilines is 1. The first kappa shape index (κ1) is 16.4. The van der Waals surface area contributed by atoms with Gasteiger partial charge < -0.3 is 4.42 Å². The van der Waals surface area contributed by atoms with Crippen LogP contribution in [0, 0.1) is 0 Å². The molecule has 1 amide bonds. The SMILES string of the molecule is CC(C)c1ccc(Cc2nnc(NC(=O)Cc3cccs3)o2)cc1. The topological polar surface area (TPSA) is 68.0 Å². The molecule has 0 aliphatic heterocycles. The van der Waals surface area contributed by atoms with Crippen molar-refractivity contribution in [3.63, 3.8) is 0 Å². The second-order valence-corrected chi connectivity index (χ2v) is 6.91. The molecule has 2 heterocycles. The van der Waals surface area contributed by atoms with Gasteiger partial charge in [-0.15, -0.1) is 16.4 Å². The van der Waals surface area contributed by atoms with Gasteiger partial charge in [0.05, 0.1) is 12.8 Å². The van der Waals surface area contributed by atoms with E-state index >= 15 is 0 Å². The molecule has 0 fully saturated rings. The molecule has 5 nitrogen and oxygen atoms in total. The third-order valence-electron chi connectivity index (χ3n) is 3.63. The fourth-order valence-corrected chi connectivity index (χ4v) is 3.01. The van der Waals surface area contributed by atoms with E-state index in [0.717, 1.165) is 10.4 Å². The van der Waals surface area contributed by atoms with E-state index in [-0.39, 0.29) is 11.9 Å². The molecule has 1 aromatic carbocycles. The van der Waals surface area contributed by atoms with E-state index in [2.05, 4.69) is 53.6 Å².